The third kappa shape index (κ3) is 6.58. The van der Waals surface area contributed by atoms with E-state index in [4.69, 9.17) is 24.3 Å². The van der Waals surface area contributed by atoms with Gasteiger partial charge in [-0.05, 0) is 39.1 Å². The van der Waals surface area contributed by atoms with Gasteiger partial charge in [0.1, 0.15) is 24.0 Å². The van der Waals surface area contributed by atoms with E-state index in [9.17, 15) is 14.5 Å². The highest BCUT2D eigenvalue weighted by Crippen LogP contribution is 2.49. The molecular formula is C29H37FN7O7P. The third-order valence-corrected chi connectivity index (χ3v) is 8.88. The number of aromatic nitrogens is 4. The number of fused-ring (bicyclic) bond motifs is 2. The molecule has 1 aliphatic rings. The zero-order chi connectivity index (χ0) is 32.7. The number of carbonyl (C=O) groups excluding carboxylic acids is 1. The number of nitrogen functional groups attached to an aromatic ring is 1. The van der Waals surface area contributed by atoms with E-state index < -0.39 is 56.6 Å². The molecule has 0 saturated carbocycles. The van der Waals surface area contributed by atoms with E-state index in [0.29, 0.717) is 16.7 Å². The number of hydrogen-bond acceptors (Lipinski definition) is 12. The largest absolute Gasteiger partial charge is 0.462 e. The van der Waals surface area contributed by atoms with Crippen LogP contribution in [0.2, 0.25) is 0 Å². The van der Waals surface area contributed by atoms with Crippen molar-refractivity contribution in [3.05, 3.63) is 48.8 Å². The van der Waals surface area contributed by atoms with Gasteiger partial charge in [0, 0.05) is 19.5 Å². The third-order valence-electron chi connectivity index (χ3n) is 7.25. The highest BCUT2D eigenvalue weighted by atomic mass is 31.2. The van der Waals surface area contributed by atoms with Crippen LogP contribution < -0.4 is 20.2 Å². The number of aliphatic hydroxyl groups excluding tert-OH is 1. The van der Waals surface area contributed by atoms with Crippen LogP contribution in [0.4, 0.5) is 16.2 Å². The quantitative estimate of drug-likeness (QED) is 0.159. The summed E-state index contributed by atoms with van der Waals surface area (Å²) >= 11 is 0. The molecule has 0 aliphatic carbocycles. The standard InChI is InChI=1S/C29H37FN7O7P/c1-16(2)42-26(39)17(3)35-45(40,44-20-13-9-11-18-10-7-8-12-19(18)20)41-14-21-23(38)29(4,30)27(43-21)37-15-32-22-24(36(5)6)33-28(31)34-25(22)37/h7-13,15-17,21,23,27,38H,14H2,1-6H3,(H,35,40)(H2,31,33,34)/t17-,21-,23-,27-,29-,45-/m1/s1. The molecule has 4 N–H and O–H groups in total. The number of aliphatic hydroxyl groups is 1. The Bertz CT molecular complexity index is 1750. The molecule has 4 aromatic rings. The lowest BCUT2D eigenvalue weighted by atomic mass is 9.98. The number of nitrogens with one attached hydrogen (secondary N) is 1. The number of anilines is 2. The van der Waals surface area contributed by atoms with Crippen LogP contribution in [-0.4, -0.2) is 81.3 Å². The first-order chi connectivity index (χ1) is 21.2. The number of halogens is 1. The van der Waals surface area contributed by atoms with Crippen molar-refractivity contribution in [2.45, 2.75) is 63.9 Å². The zero-order valence-corrected chi connectivity index (χ0v) is 26.6. The fraction of sp³-hybridized carbons (Fsp3) is 0.448. The number of benzene rings is 2. The van der Waals surface area contributed by atoms with E-state index in [2.05, 4.69) is 20.0 Å². The van der Waals surface area contributed by atoms with Crippen LogP contribution >= 0.6 is 7.75 Å². The Morgan fingerprint density at radius 1 is 1.22 bits per heavy atom. The molecule has 1 aliphatic heterocycles. The van der Waals surface area contributed by atoms with Crippen molar-refractivity contribution < 1.29 is 37.4 Å². The average molecular weight is 646 g/mol. The lowest BCUT2D eigenvalue weighted by Gasteiger charge is -2.26. The predicted molar refractivity (Wildman–Crippen MR) is 165 cm³/mol. The minimum atomic E-state index is -4.39. The van der Waals surface area contributed by atoms with E-state index in [1.807, 2.05) is 18.2 Å². The molecule has 0 spiro atoms. The Balaban J connectivity index is 1.42. The molecule has 2 aromatic carbocycles. The molecule has 16 heteroatoms. The summed E-state index contributed by atoms with van der Waals surface area (Å²) in [5.41, 5.74) is 4.08. The Kier molecular flexibility index (Phi) is 9.02. The summed E-state index contributed by atoms with van der Waals surface area (Å²) < 4.78 is 54.7. The van der Waals surface area contributed by atoms with Crippen molar-refractivity contribution in [1.82, 2.24) is 24.6 Å². The molecule has 45 heavy (non-hydrogen) atoms. The van der Waals surface area contributed by atoms with Crippen LogP contribution in [0.25, 0.3) is 21.9 Å². The second kappa shape index (κ2) is 12.5. The van der Waals surface area contributed by atoms with Crippen LogP contribution in [0.5, 0.6) is 5.75 Å². The number of imidazole rings is 1. The van der Waals surface area contributed by atoms with Gasteiger partial charge in [-0.1, -0.05) is 36.4 Å². The summed E-state index contributed by atoms with van der Waals surface area (Å²) in [4.78, 5) is 27.0. The maximum atomic E-state index is 16.2. The highest BCUT2D eigenvalue weighted by molar-refractivity contribution is 7.52. The topological polar surface area (TPSA) is 176 Å². The van der Waals surface area contributed by atoms with Gasteiger partial charge in [0.2, 0.25) is 5.95 Å². The fourth-order valence-electron chi connectivity index (χ4n) is 5.04. The highest BCUT2D eigenvalue weighted by Gasteiger charge is 2.56. The van der Waals surface area contributed by atoms with Crippen LogP contribution in [-0.2, 0) is 23.4 Å². The SMILES string of the molecule is CC(C)OC(=O)[C@@H](C)N[P@@](=O)(OC[C@H]1O[C@@H](n2cnc3c(N(C)C)nc(N)nc32)[C@](C)(F)[C@@H]1O)Oc1cccc2ccccc12. The van der Waals surface area contributed by atoms with Crippen molar-refractivity contribution in [2.24, 2.45) is 0 Å². The molecule has 1 fully saturated rings. The fourth-order valence-corrected chi connectivity index (χ4v) is 6.56. The van der Waals surface area contributed by atoms with Gasteiger partial charge in [-0.3, -0.25) is 13.9 Å². The molecule has 0 amide bonds. The Morgan fingerprint density at radius 2 is 1.93 bits per heavy atom. The average Bonchev–Trinajstić information content (AvgIpc) is 3.48. The lowest BCUT2D eigenvalue weighted by Crippen LogP contribution is -2.41. The van der Waals surface area contributed by atoms with Gasteiger partial charge in [-0.2, -0.15) is 15.1 Å². The minimum absolute atomic E-state index is 0.0605. The smallest absolute Gasteiger partial charge is 0.459 e. The molecule has 0 bridgehead atoms. The number of nitrogens with two attached hydrogens (primary N) is 1. The molecule has 14 nitrogen and oxygen atoms in total. The molecule has 0 radical (unpaired) electrons. The molecule has 242 valence electrons. The molecule has 0 unspecified atom stereocenters. The first kappa shape index (κ1) is 32.5. The summed E-state index contributed by atoms with van der Waals surface area (Å²) in [5, 5.41) is 15.1. The molecule has 1 saturated heterocycles. The summed E-state index contributed by atoms with van der Waals surface area (Å²) in [6.45, 7) is 5.40. The van der Waals surface area contributed by atoms with Gasteiger partial charge < -0.3 is 29.7 Å². The maximum absolute atomic E-state index is 16.2. The monoisotopic (exact) mass is 645 g/mol. The molecular weight excluding hydrogens is 608 g/mol. The van der Waals surface area contributed by atoms with Crippen LogP contribution in [0, 0.1) is 0 Å². The lowest BCUT2D eigenvalue weighted by molar-refractivity contribution is -0.149. The normalized spacial score (nSPS) is 23.7. The van der Waals surface area contributed by atoms with Gasteiger partial charge in [-0.25, -0.2) is 13.9 Å². The first-order valence-electron chi connectivity index (χ1n) is 14.3. The van der Waals surface area contributed by atoms with Crippen LogP contribution in [0.1, 0.15) is 33.9 Å². The summed E-state index contributed by atoms with van der Waals surface area (Å²) in [7, 11) is -0.892. The van der Waals surface area contributed by atoms with Crippen LogP contribution in [0.15, 0.2) is 48.8 Å². The number of carbonyl (C=O) groups is 1. The van der Waals surface area contributed by atoms with Gasteiger partial charge in [0.05, 0.1) is 19.0 Å². The van der Waals surface area contributed by atoms with E-state index in [1.165, 1.54) is 24.7 Å². The summed E-state index contributed by atoms with van der Waals surface area (Å²) in [6, 6.07) is 11.3. The molecule has 5 rings (SSSR count). The molecule has 6 atom stereocenters. The first-order valence-corrected chi connectivity index (χ1v) is 15.8. The van der Waals surface area contributed by atoms with Gasteiger partial charge >= 0.3 is 13.7 Å². The van der Waals surface area contributed by atoms with Gasteiger partial charge in [-0.15, -0.1) is 0 Å². The van der Waals surface area contributed by atoms with Crippen molar-refractivity contribution in [3.63, 3.8) is 0 Å². The number of nitrogens with zero attached hydrogens (tertiary/aromatic N) is 5. The van der Waals surface area contributed by atoms with Crippen molar-refractivity contribution in [3.8, 4) is 5.75 Å². The zero-order valence-electron chi connectivity index (χ0n) is 25.7. The number of rotatable bonds is 11. The number of hydrogen-bond donors (Lipinski definition) is 3. The second-order valence-electron chi connectivity index (χ2n) is 11.4. The Labute approximate surface area is 259 Å². The predicted octanol–water partition coefficient (Wildman–Crippen LogP) is 3.75. The number of esters is 1. The van der Waals surface area contributed by atoms with Crippen molar-refractivity contribution >= 4 is 47.4 Å². The van der Waals surface area contributed by atoms with E-state index in [-0.39, 0.29) is 17.3 Å². The molecule has 2 aromatic heterocycles. The second-order valence-corrected chi connectivity index (χ2v) is 13.1. The summed E-state index contributed by atoms with van der Waals surface area (Å²) in [5.74, 6) is -0.116. The van der Waals surface area contributed by atoms with Gasteiger partial charge in [0.25, 0.3) is 0 Å². The van der Waals surface area contributed by atoms with E-state index in [1.54, 1.807) is 57.1 Å². The maximum Gasteiger partial charge on any atom is 0.459 e. The molecule has 3 heterocycles. The summed E-state index contributed by atoms with van der Waals surface area (Å²) in [6.07, 6.45) is -3.57. The minimum Gasteiger partial charge on any atom is -0.462 e. The Hall–Kier alpha value is -3.88. The van der Waals surface area contributed by atoms with Gasteiger partial charge in [0.15, 0.2) is 28.9 Å². The van der Waals surface area contributed by atoms with E-state index in [0.717, 1.165) is 5.39 Å². The van der Waals surface area contributed by atoms with E-state index >= 15 is 4.39 Å². The number of ether oxygens (including phenoxy) is 2. The number of alkyl halides is 1. The van der Waals surface area contributed by atoms with Crippen molar-refractivity contribution in [1.29, 1.82) is 0 Å². The Morgan fingerprint density at radius 3 is 2.64 bits per heavy atom. The van der Waals surface area contributed by atoms with Crippen LogP contribution in [0.3, 0.4) is 0 Å². The van der Waals surface area contributed by atoms with Crippen molar-refractivity contribution in [2.75, 3.05) is 31.3 Å².